The zero-order valence-electron chi connectivity index (χ0n) is 11.1. The first-order valence-corrected chi connectivity index (χ1v) is 7.70. The zero-order chi connectivity index (χ0) is 13.9. The minimum atomic E-state index is -3.64. The van der Waals surface area contributed by atoms with E-state index in [9.17, 15) is 8.42 Å². The van der Waals surface area contributed by atoms with Gasteiger partial charge >= 0.3 is 0 Å². The summed E-state index contributed by atoms with van der Waals surface area (Å²) < 4.78 is 32.9. The summed E-state index contributed by atoms with van der Waals surface area (Å²) in [7, 11) is -1.97. The summed E-state index contributed by atoms with van der Waals surface area (Å²) >= 11 is 0. The average Bonchev–Trinajstić information content (AvgIpc) is 2.38. The first kappa shape index (κ1) is 14.2. The highest BCUT2D eigenvalue weighted by Gasteiger charge is 2.34. The van der Waals surface area contributed by atoms with Crippen LogP contribution >= 0.6 is 0 Å². The predicted octanol–water partition coefficient (Wildman–Crippen LogP) is 0.971. The molecule has 0 atom stereocenters. The molecule has 0 bridgehead atoms. The van der Waals surface area contributed by atoms with Gasteiger partial charge in [0.05, 0.1) is 5.69 Å². The predicted molar refractivity (Wildman–Crippen MR) is 72.6 cm³/mol. The van der Waals surface area contributed by atoms with Crippen LogP contribution in [0.5, 0.6) is 0 Å². The Morgan fingerprint density at radius 2 is 2.05 bits per heavy atom. The van der Waals surface area contributed by atoms with E-state index in [0.717, 1.165) is 0 Å². The highest BCUT2D eigenvalue weighted by Crippen LogP contribution is 2.24. The monoisotopic (exact) mass is 285 g/mol. The fourth-order valence-electron chi connectivity index (χ4n) is 2.09. The molecule has 19 heavy (non-hydrogen) atoms. The van der Waals surface area contributed by atoms with Gasteiger partial charge in [-0.2, -0.15) is 0 Å². The Balaban J connectivity index is 2.27. The van der Waals surface area contributed by atoms with E-state index in [2.05, 4.69) is 15.0 Å². The van der Waals surface area contributed by atoms with Crippen LogP contribution in [0.4, 0.5) is 5.69 Å². The molecule has 0 saturated carbocycles. The van der Waals surface area contributed by atoms with Gasteiger partial charge in [-0.3, -0.25) is 0 Å². The van der Waals surface area contributed by atoms with E-state index in [1.807, 2.05) is 6.92 Å². The van der Waals surface area contributed by atoms with Gasteiger partial charge in [0.2, 0.25) is 0 Å². The molecule has 1 aliphatic rings. The molecule has 0 unspecified atom stereocenters. The highest BCUT2D eigenvalue weighted by molar-refractivity contribution is 7.89. The van der Waals surface area contributed by atoms with Gasteiger partial charge in [-0.25, -0.2) is 18.1 Å². The van der Waals surface area contributed by atoms with E-state index in [4.69, 9.17) is 4.74 Å². The number of ether oxygens (including phenoxy) is 1. The Kier molecular flexibility index (Phi) is 4.07. The van der Waals surface area contributed by atoms with Crippen molar-refractivity contribution in [1.82, 2.24) is 9.71 Å². The van der Waals surface area contributed by atoms with Crippen LogP contribution in [-0.2, 0) is 14.8 Å². The second kappa shape index (κ2) is 5.44. The van der Waals surface area contributed by atoms with Crippen molar-refractivity contribution in [2.45, 2.75) is 30.3 Å². The van der Waals surface area contributed by atoms with Gasteiger partial charge in [0.15, 0.2) is 5.03 Å². The third-order valence-corrected chi connectivity index (χ3v) is 4.87. The van der Waals surface area contributed by atoms with E-state index in [0.29, 0.717) is 31.7 Å². The summed E-state index contributed by atoms with van der Waals surface area (Å²) in [6.45, 7) is 3.04. The van der Waals surface area contributed by atoms with Crippen molar-refractivity contribution in [2.75, 3.05) is 25.6 Å². The third-order valence-electron chi connectivity index (χ3n) is 3.27. The molecule has 0 amide bonds. The van der Waals surface area contributed by atoms with Gasteiger partial charge in [0.1, 0.15) is 0 Å². The summed E-state index contributed by atoms with van der Waals surface area (Å²) in [5.41, 5.74) is 0.0187. The minimum absolute atomic E-state index is 0.0326. The SMILES string of the molecule is CNc1cccnc1S(=O)(=O)NC1(C)CCOCC1. The summed E-state index contributed by atoms with van der Waals surface area (Å²) in [6.07, 6.45) is 2.80. The third kappa shape index (κ3) is 3.23. The van der Waals surface area contributed by atoms with E-state index in [1.54, 1.807) is 19.2 Å². The summed E-state index contributed by atoms with van der Waals surface area (Å²) in [4.78, 5) is 3.97. The van der Waals surface area contributed by atoms with E-state index in [-0.39, 0.29) is 5.03 Å². The largest absolute Gasteiger partial charge is 0.386 e. The zero-order valence-corrected chi connectivity index (χ0v) is 12.0. The second-order valence-electron chi connectivity index (χ2n) is 4.88. The Morgan fingerprint density at radius 1 is 1.37 bits per heavy atom. The average molecular weight is 285 g/mol. The second-order valence-corrected chi connectivity index (χ2v) is 6.48. The normalized spacial score (nSPS) is 19.1. The molecule has 2 N–H and O–H groups in total. The van der Waals surface area contributed by atoms with E-state index in [1.165, 1.54) is 6.20 Å². The van der Waals surface area contributed by atoms with Crippen molar-refractivity contribution in [3.05, 3.63) is 18.3 Å². The molecule has 1 aromatic heterocycles. The summed E-state index contributed by atoms with van der Waals surface area (Å²) in [5.74, 6) is 0. The lowest BCUT2D eigenvalue weighted by Gasteiger charge is -2.33. The maximum absolute atomic E-state index is 12.4. The van der Waals surface area contributed by atoms with Crippen LogP contribution < -0.4 is 10.0 Å². The lowest BCUT2D eigenvalue weighted by Crippen LogP contribution is -2.49. The number of anilines is 1. The van der Waals surface area contributed by atoms with Crippen molar-refractivity contribution < 1.29 is 13.2 Å². The van der Waals surface area contributed by atoms with Crippen LogP contribution in [0.2, 0.25) is 0 Å². The van der Waals surface area contributed by atoms with Crippen molar-refractivity contribution in [3.63, 3.8) is 0 Å². The molecular weight excluding hydrogens is 266 g/mol. The van der Waals surface area contributed by atoms with Crippen molar-refractivity contribution >= 4 is 15.7 Å². The molecule has 6 nitrogen and oxygen atoms in total. The molecule has 7 heteroatoms. The number of nitrogens with zero attached hydrogens (tertiary/aromatic N) is 1. The minimum Gasteiger partial charge on any atom is -0.386 e. The molecule has 0 aromatic carbocycles. The van der Waals surface area contributed by atoms with Crippen LogP contribution in [0.25, 0.3) is 0 Å². The number of nitrogens with one attached hydrogen (secondary N) is 2. The lowest BCUT2D eigenvalue weighted by atomic mass is 9.94. The highest BCUT2D eigenvalue weighted by atomic mass is 32.2. The van der Waals surface area contributed by atoms with Gasteiger partial charge in [-0.15, -0.1) is 0 Å². The number of pyridine rings is 1. The molecule has 1 aliphatic heterocycles. The van der Waals surface area contributed by atoms with Crippen LogP contribution in [0.1, 0.15) is 19.8 Å². The van der Waals surface area contributed by atoms with Crippen molar-refractivity contribution in [2.24, 2.45) is 0 Å². The van der Waals surface area contributed by atoms with Gasteiger partial charge < -0.3 is 10.1 Å². The molecule has 0 aliphatic carbocycles. The lowest BCUT2D eigenvalue weighted by molar-refractivity contribution is 0.0537. The molecule has 2 rings (SSSR count). The number of hydrogen-bond acceptors (Lipinski definition) is 5. The van der Waals surface area contributed by atoms with Crippen LogP contribution in [0.3, 0.4) is 0 Å². The maximum Gasteiger partial charge on any atom is 0.260 e. The quantitative estimate of drug-likeness (QED) is 0.861. The Hall–Kier alpha value is -1.18. The van der Waals surface area contributed by atoms with Gasteiger partial charge in [-0.1, -0.05) is 0 Å². The fraction of sp³-hybridized carbons (Fsp3) is 0.583. The number of sulfonamides is 1. The maximum atomic E-state index is 12.4. The van der Waals surface area contributed by atoms with Gasteiger partial charge in [0.25, 0.3) is 10.0 Å². The first-order valence-electron chi connectivity index (χ1n) is 6.21. The topological polar surface area (TPSA) is 80.3 Å². The Bertz CT molecular complexity index is 539. The molecule has 2 heterocycles. The molecule has 0 spiro atoms. The molecule has 106 valence electrons. The van der Waals surface area contributed by atoms with Crippen LogP contribution in [0.15, 0.2) is 23.4 Å². The van der Waals surface area contributed by atoms with Crippen molar-refractivity contribution in [1.29, 1.82) is 0 Å². The standard InChI is InChI=1S/C12H19N3O3S/c1-12(5-8-18-9-6-12)15-19(16,17)11-10(13-2)4-3-7-14-11/h3-4,7,13,15H,5-6,8-9H2,1-2H3. The summed E-state index contributed by atoms with van der Waals surface area (Å²) in [5, 5.41) is 2.88. The smallest absolute Gasteiger partial charge is 0.260 e. The van der Waals surface area contributed by atoms with Crippen LogP contribution in [0, 0.1) is 0 Å². The molecule has 1 saturated heterocycles. The molecular formula is C12H19N3O3S. The van der Waals surface area contributed by atoms with E-state index >= 15 is 0 Å². The fourth-order valence-corrected chi connectivity index (χ4v) is 3.70. The Morgan fingerprint density at radius 3 is 2.68 bits per heavy atom. The molecule has 0 radical (unpaired) electrons. The number of rotatable bonds is 4. The Labute approximate surface area is 113 Å². The van der Waals surface area contributed by atoms with Gasteiger partial charge in [-0.05, 0) is 31.9 Å². The van der Waals surface area contributed by atoms with Crippen molar-refractivity contribution in [3.8, 4) is 0 Å². The molecule has 1 aromatic rings. The first-order chi connectivity index (χ1) is 8.97. The van der Waals surface area contributed by atoms with Gasteiger partial charge in [0, 0.05) is 32.0 Å². The number of aromatic nitrogens is 1. The summed E-state index contributed by atoms with van der Waals surface area (Å²) in [6, 6.07) is 3.38. The molecule has 1 fully saturated rings. The van der Waals surface area contributed by atoms with E-state index < -0.39 is 15.6 Å². The number of hydrogen-bond donors (Lipinski definition) is 2. The van der Waals surface area contributed by atoms with Crippen LogP contribution in [-0.4, -0.2) is 39.2 Å².